The maximum absolute atomic E-state index is 11.9. The number of halogens is 1. The summed E-state index contributed by atoms with van der Waals surface area (Å²) in [5, 5.41) is 14.6. The number of nitrogens with one attached hydrogen (secondary N) is 2. The lowest BCUT2D eigenvalue weighted by molar-refractivity contribution is -0.384. The molecule has 7 nitrogen and oxygen atoms in total. The monoisotopic (exact) mass is 313 g/mol. The summed E-state index contributed by atoms with van der Waals surface area (Å²) in [5.74, 6) is -0.550. The van der Waals surface area contributed by atoms with Crippen molar-refractivity contribution >= 4 is 34.5 Å². The second kappa shape index (κ2) is 5.85. The van der Waals surface area contributed by atoms with E-state index in [1.54, 1.807) is 5.38 Å². The molecule has 0 bridgehead atoms. The van der Waals surface area contributed by atoms with E-state index in [2.05, 4.69) is 10.3 Å². The Balaban J connectivity index is 2.15. The van der Waals surface area contributed by atoms with Crippen LogP contribution in [0.3, 0.4) is 0 Å². The molecular formula is C11H8ClN3O4S. The number of aromatic amines is 1. The zero-order valence-electron chi connectivity index (χ0n) is 9.88. The first-order valence-corrected chi connectivity index (χ1v) is 6.62. The lowest BCUT2D eigenvalue weighted by Gasteiger charge is -2.05. The molecule has 20 heavy (non-hydrogen) atoms. The highest BCUT2D eigenvalue weighted by atomic mass is 35.5. The van der Waals surface area contributed by atoms with Crippen LogP contribution >= 0.6 is 22.9 Å². The molecule has 0 aliphatic rings. The quantitative estimate of drug-likeness (QED) is 0.664. The fourth-order valence-electron chi connectivity index (χ4n) is 1.51. The predicted molar refractivity (Wildman–Crippen MR) is 74.2 cm³/mol. The van der Waals surface area contributed by atoms with Gasteiger partial charge in [0.2, 0.25) is 0 Å². The molecule has 2 rings (SSSR count). The van der Waals surface area contributed by atoms with Gasteiger partial charge in [0.25, 0.3) is 11.6 Å². The summed E-state index contributed by atoms with van der Waals surface area (Å²) in [5.41, 5.74) is 0.233. The van der Waals surface area contributed by atoms with Crippen LogP contribution in [0.5, 0.6) is 0 Å². The molecule has 9 heteroatoms. The molecule has 1 heterocycles. The summed E-state index contributed by atoms with van der Waals surface area (Å²) < 4.78 is 0. The summed E-state index contributed by atoms with van der Waals surface area (Å²) in [6, 6.07) is 3.99. The second-order valence-corrected chi connectivity index (χ2v) is 4.97. The first-order valence-electron chi connectivity index (χ1n) is 5.37. The number of nitro benzene ring substituents is 1. The van der Waals surface area contributed by atoms with Gasteiger partial charge in [-0.1, -0.05) is 29.0 Å². The molecule has 1 amide bonds. The van der Waals surface area contributed by atoms with E-state index < -0.39 is 10.8 Å². The van der Waals surface area contributed by atoms with E-state index in [1.165, 1.54) is 18.2 Å². The molecular weight excluding hydrogens is 306 g/mol. The molecule has 0 spiro atoms. The first-order chi connectivity index (χ1) is 9.49. The second-order valence-electron chi connectivity index (χ2n) is 3.75. The highest BCUT2D eigenvalue weighted by Gasteiger charge is 2.19. The van der Waals surface area contributed by atoms with E-state index in [-0.39, 0.29) is 27.7 Å². The minimum absolute atomic E-state index is 0.0124. The fraction of sp³-hybridized carbons (Fsp3) is 0.0909. The Bertz CT molecular complexity index is 724. The summed E-state index contributed by atoms with van der Waals surface area (Å²) in [6.07, 6.45) is 0. The molecule has 0 radical (unpaired) electrons. The van der Waals surface area contributed by atoms with Crippen molar-refractivity contribution in [2.75, 3.05) is 0 Å². The van der Waals surface area contributed by atoms with Gasteiger partial charge in [-0.15, -0.1) is 0 Å². The van der Waals surface area contributed by atoms with Crippen molar-refractivity contribution in [2.45, 2.75) is 6.54 Å². The number of nitro groups is 1. The van der Waals surface area contributed by atoms with E-state index in [0.29, 0.717) is 5.69 Å². The number of rotatable bonds is 4. The number of aromatic nitrogens is 1. The predicted octanol–water partition coefficient (Wildman–Crippen LogP) is 1.93. The Kier molecular flexibility index (Phi) is 4.16. The molecule has 1 aromatic heterocycles. The molecule has 0 fully saturated rings. The number of amides is 1. The van der Waals surface area contributed by atoms with Crippen molar-refractivity contribution in [2.24, 2.45) is 0 Å². The van der Waals surface area contributed by atoms with Crippen molar-refractivity contribution in [3.05, 3.63) is 59.6 Å². The molecule has 0 atom stereocenters. The van der Waals surface area contributed by atoms with Crippen LogP contribution in [0, 0.1) is 10.1 Å². The number of thiazole rings is 1. The average Bonchev–Trinajstić information content (AvgIpc) is 2.81. The first kappa shape index (κ1) is 14.2. The topological polar surface area (TPSA) is 105 Å². The van der Waals surface area contributed by atoms with Gasteiger partial charge in [0, 0.05) is 17.1 Å². The molecule has 2 aromatic rings. The van der Waals surface area contributed by atoms with Gasteiger partial charge >= 0.3 is 4.87 Å². The largest absolute Gasteiger partial charge is 0.346 e. The van der Waals surface area contributed by atoms with E-state index in [1.807, 2.05) is 0 Å². The van der Waals surface area contributed by atoms with Gasteiger partial charge in [0.05, 0.1) is 17.0 Å². The van der Waals surface area contributed by atoms with Crippen molar-refractivity contribution in [3.63, 3.8) is 0 Å². The van der Waals surface area contributed by atoms with Crippen molar-refractivity contribution < 1.29 is 9.72 Å². The molecule has 0 saturated carbocycles. The summed E-state index contributed by atoms with van der Waals surface area (Å²) >= 11 is 6.81. The third-order valence-electron chi connectivity index (χ3n) is 2.43. The number of H-pyrrole nitrogens is 1. The lowest BCUT2D eigenvalue weighted by Crippen LogP contribution is -2.23. The van der Waals surface area contributed by atoms with Gasteiger partial charge < -0.3 is 10.3 Å². The smallest absolute Gasteiger partial charge is 0.304 e. The molecule has 0 aliphatic carbocycles. The van der Waals surface area contributed by atoms with Crippen LogP contribution in [-0.2, 0) is 6.54 Å². The van der Waals surface area contributed by atoms with Crippen LogP contribution in [-0.4, -0.2) is 15.8 Å². The maximum atomic E-state index is 11.9. The Morgan fingerprint density at radius 2 is 2.25 bits per heavy atom. The van der Waals surface area contributed by atoms with E-state index in [4.69, 9.17) is 11.6 Å². The summed E-state index contributed by atoms with van der Waals surface area (Å²) in [4.78, 5) is 35.2. The van der Waals surface area contributed by atoms with Crippen LogP contribution < -0.4 is 10.2 Å². The van der Waals surface area contributed by atoms with Gasteiger partial charge in [-0.2, -0.15) is 0 Å². The minimum Gasteiger partial charge on any atom is -0.346 e. The Morgan fingerprint density at radius 3 is 2.85 bits per heavy atom. The Hall–Kier alpha value is -2.19. The Labute approximate surface area is 121 Å². The van der Waals surface area contributed by atoms with E-state index in [0.717, 1.165) is 11.3 Å². The van der Waals surface area contributed by atoms with Gasteiger partial charge in [-0.25, -0.2) is 0 Å². The molecule has 2 N–H and O–H groups in total. The molecule has 104 valence electrons. The number of hydrogen-bond donors (Lipinski definition) is 2. The van der Waals surface area contributed by atoms with Crippen LogP contribution in [0.4, 0.5) is 5.69 Å². The lowest BCUT2D eigenvalue weighted by atomic mass is 10.2. The summed E-state index contributed by atoms with van der Waals surface area (Å²) in [6.45, 7) is 0.108. The highest BCUT2D eigenvalue weighted by Crippen LogP contribution is 2.27. The SMILES string of the molecule is O=C(NCc1csc(=O)[nH]1)c1cccc([N+](=O)[O-])c1Cl. The van der Waals surface area contributed by atoms with Gasteiger partial charge in [0.1, 0.15) is 5.02 Å². The summed E-state index contributed by atoms with van der Waals surface area (Å²) in [7, 11) is 0. The standard InChI is InChI=1S/C11H8ClN3O4S/c12-9-7(2-1-3-8(9)15(18)19)10(16)13-4-6-5-20-11(17)14-6/h1-3,5H,4H2,(H,13,16)(H,14,17). The van der Waals surface area contributed by atoms with Crippen molar-refractivity contribution in [3.8, 4) is 0 Å². The normalized spacial score (nSPS) is 10.2. The van der Waals surface area contributed by atoms with E-state index in [9.17, 15) is 19.7 Å². The average molecular weight is 314 g/mol. The zero-order valence-corrected chi connectivity index (χ0v) is 11.5. The number of hydrogen-bond acceptors (Lipinski definition) is 5. The van der Waals surface area contributed by atoms with Gasteiger partial charge in [0.15, 0.2) is 0 Å². The number of carbonyl (C=O) groups excluding carboxylic acids is 1. The van der Waals surface area contributed by atoms with E-state index >= 15 is 0 Å². The van der Waals surface area contributed by atoms with Gasteiger partial charge in [-0.3, -0.25) is 19.7 Å². The molecule has 0 aliphatic heterocycles. The molecule has 1 aromatic carbocycles. The van der Waals surface area contributed by atoms with Crippen LogP contribution in [0.25, 0.3) is 0 Å². The molecule has 0 saturated heterocycles. The van der Waals surface area contributed by atoms with Crippen LogP contribution in [0.15, 0.2) is 28.4 Å². The highest BCUT2D eigenvalue weighted by molar-refractivity contribution is 7.07. The van der Waals surface area contributed by atoms with Crippen LogP contribution in [0.2, 0.25) is 5.02 Å². The zero-order chi connectivity index (χ0) is 14.7. The fourth-order valence-corrected chi connectivity index (χ4v) is 2.37. The number of nitrogens with zero attached hydrogens (tertiary/aromatic N) is 1. The third kappa shape index (κ3) is 3.03. The van der Waals surface area contributed by atoms with Crippen LogP contribution in [0.1, 0.15) is 16.1 Å². The maximum Gasteiger partial charge on any atom is 0.304 e. The minimum atomic E-state index is -0.657. The van der Waals surface area contributed by atoms with Crippen molar-refractivity contribution in [1.82, 2.24) is 10.3 Å². The van der Waals surface area contributed by atoms with Crippen molar-refractivity contribution in [1.29, 1.82) is 0 Å². The Morgan fingerprint density at radius 1 is 1.50 bits per heavy atom. The number of benzene rings is 1. The van der Waals surface area contributed by atoms with Gasteiger partial charge in [-0.05, 0) is 6.07 Å². The molecule has 0 unspecified atom stereocenters. The number of carbonyl (C=O) groups is 1. The third-order valence-corrected chi connectivity index (χ3v) is 3.55.